The van der Waals surface area contributed by atoms with Crippen molar-refractivity contribution in [2.24, 2.45) is 10.8 Å². The zero-order valence-electron chi connectivity index (χ0n) is 11.5. The minimum absolute atomic E-state index is 0.241. The molecule has 3 saturated carbocycles. The number of esters is 1. The van der Waals surface area contributed by atoms with Gasteiger partial charge in [0.2, 0.25) is 0 Å². The van der Waals surface area contributed by atoms with E-state index in [1.807, 2.05) is 0 Å². The predicted octanol–water partition coefficient (Wildman–Crippen LogP) is 3.28. The van der Waals surface area contributed by atoms with Crippen molar-refractivity contribution in [3.63, 3.8) is 0 Å². The molecule has 118 valence electrons. The van der Waals surface area contributed by atoms with Gasteiger partial charge in [0.05, 0.1) is 23.7 Å². The number of alkyl halides is 3. The molecule has 22 heavy (non-hydrogen) atoms. The Morgan fingerprint density at radius 1 is 1.27 bits per heavy atom. The molecular weight excluding hydrogens is 323 g/mol. The van der Waals surface area contributed by atoms with Crippen LogP contribution in [0.3, 0.4) is 0 Å². The number of aromatic nitrogens is 1. The molecular formula is C14H11ClF3NO3. The van der Waals surface area contributed by atoms with Crippen LogP contribution in [0.15, 0.2) is 12.3 Å². The zero-order valence-corrected chi connectivity index (χ0v) is 12.2. The molecule has 0 spiro atoms. The lowest BCUT2D eigenvalue weighted by atomic mass is 9.33. The highest BCUT2D eigenvalue weighted by Gasteiger charge is 2.75. The molecule has 3 fully saturated rings. The Bertz CT molecular complexity index is 667. The van der Waals surface area contributed by atoms with E-state index in [-0.39, 0.29) is 35.9 Å². The second-order valence-corrected chi connectivity index (χ2v) is 6.33. The second kappa shape index (κ2) is 4.44. The fourth-order valence-corrected chi connectivity index (χ4v) is 3.70. The number of ether oxygens (including phenoxy) is 1. The van der Waals surface area contributed by atoms with Crippen molar-refractivity contribution < 1.29 is 27.5 Å². The van der Waals surface area contributed by atoms with E-state index in [1.165, 1.54) is 7.11 Å². The maximum atomic E-state index is 12.7. The van der Waals surface area contributed by atoms with E-state index in [4.69, 9.17) is 11.6 Å². The van der Waals surface area contributed by atoms with E-state index in [0.717, 1.165) is 6.07 Å². The van der Waals surface area contributed by atoms with Crippen LogP contribution < -0.4 is 0 Å². The number of Topliss-reactive ketones (excluding diaryl/α,β-unsaturated/α-hetero) is 1. The van der Waals surface area contributed by atoms with Gasteiger partial charge in [0.25, 0.3) is 0 Å². The van der Waals surface area contributed by atoms with Gasteiger partial charge in [0.15, 0.2) is 5.78 Å². The summed E-state index contributed by atoms with van der Waals surface area (Å²) < 4.78 is 42.8. The molecule has 4 nitrogen and oxygen atoms in total. The topological polar surface area (TPSA) is 56.3 Å². The molecule has 0 unspecified atom stereocenters. The number of hydrogen-bond acceptors (Lipinski definition) is 4. The van der Waals surface area contributed by atoms with E-state index < -0.39 is 28.4 Å². The summed E-state index contributed by atoms with van der Waals surface area (Å²) in [6.45, 7) is 0. The summed E-state index contributed by atoms with van der Waals surface area (Å²) in [5.41, 5.74) is -2.71. The summed E-state index contributed by atoms with van der Waals surface area (Å²) >= 11 is 5.78. The predicted molar refractivity (Wildman–Crippen MR) is 69.3 cm³/mol. The van der Waals surface area contributed by atoms with Crippen LogP contribution in [0.1, 0.15) is 35.2 Å². The lowest BCUT2D eigenvalue weighted by molar-refractivity contribution is -0.207. The Labute approximate surface area is 128 Å². The van der Waals surface area contributed by atoms with Gasteiger partial charge >= 0.3 is 12.1 Å². The Morgan fingerprint density at radius 3 is 2.36 bits per heavy atom. The van der Waals surface area contributed by atoms with E-state index in [9.17, 15) is 22.8 Å². The molecule has 3 aliphatic rings. The van der Waals surface area contributed by atoms with Gasteiger partial charge in [0.1, 0.15) is 5.15 Å². The summed E-state index contributed by atoms with van der Waals surface area (Å²) in [5, 5.41) is -0.255. The van der Waals surface area contributed by atoms with E-state index >= 15 is 0 Å². The number of carbonyl (C=O) groups is 2. The highest BCUT2D eigenvalue weighted by molar-refractivity contribution is 6.33. The molecule has 1 aromatic heterocycles. The van der Waals surface area contributed by atoms with Crippen molar-refractivity contribution in [2.75, 3.05) is 7.11 Å². The van der Waals surface area contributed by atoms with Crippen LogP contribution in [0, 0.1) is 10.8 Å². The molecule has 0 aromatic carbocycles. The van der Waals surface area contributed by atoms with Gasteiger partial charge in [-0.25, -0.2) is 4.98 Å². The van der Waals surface area contributed by atoms with Crippen molar-refractivity contribution in [1.29, 1.82) is 0 Å². The highest BCUT2D eigenvalue weighted by Crippen LogP contribution is 2.74. The monoisotopic (exact) mass is 333 g/mol. The SMILES string of the molecule is COC(=O)C12CC(C(=O)c3cc(C(F)(F)F)cnc3Cl)(C1)C2. The number of rotatable bonds is 3. The molecule has 0 amide bonds. The van der Waals surface area contributed by atoms with Gasteiger partial charge in [0, 0.05) is 11.6 Å². The lowest BCUT2D eigenvalue weighted by Crippen LogP contribution is -2.68. The molecule has 1 aromatic rings. The van der Waals surface area contributed by atoms with Crippen LogP contribution in [-0.4, -0.2) is 23.8 Å². The smallest absolute Gasteiger partial charge is 0.417 e. The van der Waals surface area contributed by atoms with Crippen molar-refractivity contribution in [1.82, 2.24) is 4.98 Å². The molecule has 0 radical (unpaired) electrons. The maximum Gasteiger partial charge on any atom is 0.417 e. The van der Waals surface area contributed by atoms with Gasteiger partial charge in [-0.1, -0.05) is 11.6 Å². The van der Waals surface area contributed by atoms with Gasteiger partial charge < -0.3 is 4.74 Å². The summed E-state index contributed by atoms with van der Waals surface area (Å²) in [5.74, 6) is -0.864. The molecule has 2 bridgehead atoms. The average Bonchev–Trinajstić information content (AvgIpc) is 2.34. The van der Waals surface area contributed by atoms with Gasteiger partial charge in [-0.15, -0.1) is 0 Å². The first-order valence-corrected chi connectivity index (χ1v) is 6.87. The van der Waals surface area contributed by atoms with E-state index in [2.05, 4.69) is 9.72 Å². The Morgan fingerprint density at radius 2 is 1.86 bits per heavy atom. The first-order valence-electron chi connectivity index (χ1n) is 6.50. The lowest BCUT2D eigenvalue weighted by Gasteiger charge is -2.67. The minimum Gasteiger partial charge on any atom is -0.469 e. The average molecular weight is 334 g/mol. The fourth-order valence-electron chi connectivity index (χ4n) is 3.51. The highest BCUT2D eigenvalue weighted by atomic mass is 35.5. The molecule has 0 saturated heterocycles. The van der Waals surface area contributed by atoms with Crippen LogP contribution in [0.5, 0.6) is 0 Å². The van der Waals surface area contributed by atoms with E-state index in [0.29, 0.717) is 6.20 Å². The van der Waals surface area contributed by atoms with Crippen molar-refractivity contribution in [3.05, 3.63) is 28.5 Å². The van der Waals surface area contributed by atoms with Crippen LogP contribution in [-0.2, 0) is 15.7 Å². The van der Waals surface area contributed by atoms with Crippen LogP contribution >= 0.6 is 11.6 Å². The largest absolute Gasteiger partial charge is 0.469 e. The number of pyridine rings is 1. The first kappa shape index (κ1) is 15.3. The standard InChI is InChI=1S/C14H11ClF3NO3/c1-22-11(21)13-4-12(5-13,6-13)9(20)8-2-7(14(16,17)18)3-19-10(8)15/h2-3H,4-6H2,1H3. The molecule has 0 N–H and O–H groups in total. The summed E-state index contributed by atoms with van der Waals surface area (Å²) in [6, 6.07) is 0.725. The summed E-state index contributed by atoms with van der Waals surface area (Å²) in [6.07, 6.45) is -3.13. The molecule has 4 rings (SSSR count). The molecule has 1 heterocycles. The second-order valence-electron chi connectivity index (χ2n) is 5.97. The zero-order chi connectivity index (χ0) is 16.3. The van der Waals surface area contributed by atoms with Crippen LogP contribution in [0.25, 0.3) is 0 Å². The van der Waals surface area contributed by atoms with Gasteiger partial charge in [-0.3, -0.25) is 9.59 Å². The van der Waals surface area contributed by atoms with Crippen molar-refractivity contribution in [2.45, 2.75) is 25.4 Å². The molecule has 3 aliphatic carbocycles. The first-order chi connectivity index (χ1) is 10.1. The quantitative estimate of drug-likeness (QED) is 0.484. The molecule has 8 heteroatoms. The number of halogens is 4. The van der Waals surface area contributed by atoms with Crippen molar-refractivity contribution in [3.8, 4) is 0 Å². The Kier molecular flexibility index (Phi) is 3.08. The Hall–Kier alpha value is -1.63. The summed E-state index contributed by atoms with van der Waals surface area (Å²) in [7, 11) is 1.27. The number of hydrogen-bond donors (Lipinski definition) is 0. The molecule has 0 atom stereocenters. The summed E-state index contributed by atoms with van der Waals surface area (Å²) in [4.78, 5) is 27.5. The fraction of sp³-hybridized carbons (Fsp3) is 0.500. The van der Waals surface area contributed by atoms with E-state index in [1.54, 1.807) is 0 Å². The Balaban J connectivity index is 1.85. The molecule has 0 aliphatic heterocycles. The normalized spacial score (nSPS) is 29.3. The van der Waals surface area contributed by atoms with Crippen LogP contribution in [0.4, 0.5) is 13.2 Å². The van der Waals surface area contributed by atoms with Crippen molar-refractivity contribution >= 4 is 23.4 Å². The number of carbonyl (C=O) groups excluding carboxylic acids is 2. The minimum atomic E-state index is -4.60. The third kappa shape index (κ3) is 1.95. The number of methoxy groups -OCH3 is 1. The van der Waals surface area contributed by atoms with Gasteiger partial charge in [-0.2, -0.15) is 13.2 Å². The number of ketones is 1. The third-order valence-corrected chi connectivity index (χ3v) is 4.84. The number of nitrogens with zero attached hydrogens (tertiary/aromatic N) is 1. The third-order valence-electron chi connectivity index (χ3n) is 4.54. The maximum absolute atomic E-state index is 12.7. The van der Waals surface area contributed by atoms with Crippen LogP contribution in [0.2, 0.25) is 5.15 Å². The van der Waals surface area contributed by atoms with Gasteiger partial charge in [-0.05, 0) is 25.3 Å².